The summed E-state index contributed by atoms with van der Waals surface area (Å²) < 4.78 is 5.06. The lowest BCUT2D eigenvalue weighted by Gasteiger charge is -2.10. The van der Waals surface area contributed by atoms with E-state index >= 15 is 0 Å². The highest BCUT2D eigenvalue weighted by Crippen LogP contribution is 2.24. The Morgan fingerprint density at radius 1 is 1.37 bits per heavy atom. The lowest BCUT2D eigenvalue weighted by molar-refractivity contribution is 0.102. The molecule has 5 nitrogen and oxygen atoms in total. The summed E-state index contributed by atoms with van der Waals surface area (Å²) in [5, 5.41) is 2.76. The number of aromatic nitrogens is 1. The van der Waals surface area contributed by atoms with Crippen LogP contribution >= 0.6 is 0 Å². The van der Waals surface area contributed by atoms with Gasteiger partial charge in [-0.3, -0.25) is 9.78 Å². The van der Waals surface area contributed by atoms with Gasteiger partial charge >= 0.3 is 0 Å². The molecule has 5 heteroatoms. The maximum Gasteiger partial charge on any atom is 0.257 e. The quantitative estimate of drug-likeness (QED) is 0.827. The van der Waals surface area contributed by atoms with Gasteiger partial charge in [-0.05, 0) is 31.2 Å². The molecular weight excluding hydrogens is 242 g/mol. The first-order valence-corrected chi connectivity index (χ1v) is 5.78. The molecule has 1 heterocycles. The number of hydrogen-bond donors (Lipinski definition) is 2. The second-order valence-electron chi connectivity index (χ2n) is 4.04. The van der Waals surface area contributed by atoms with Gasteiger partial charge in [0.2, 0.25) is 0 Å². The first kappa shape index (κ1) is 12.9. The van der Waals surface area contributed by atoms with Crippen LogP contribution in [0.4, 0.5) is 11.4 Å². The molecule has 2 rings (SSSR count). The van der Waals surface area contributed by atoms with Crippen molar-refractivity contribution in [2.45, 2.75) is 6.92 Å². The topological polar surface area (TPSA) is 77.2 Å². The Kier molecular flexibility index (Phi) is 3.66. The number of amides is 1. The van der Waals surface area contributed by atoms with Gasteiger partial charge in [-0.15, -0.1) is 0 Å². The molecule has 2 aromatic rings. The van der Waals surface area contributed by atoms with Gasteiger partial charge in [-0.25, -0.2) is 0 Å². The van der Waals surface area contributed by atoms with E-state index < -0.39 is 0 Å². The zero-order chi connectivity index (χ0) is 13.8. The zero-order valence-corrected chi connectivity index (χ0v) is 10.8. The van der Waals surface area contributed by atoms with Gasteiger partial charge in [0.15, 0.2) is 0 Å². The van der Waals surface area contributed by atoms with Crippen molar-refractivity contribution in [2.75, 3.05) is 18.2 Å². The minimum atomic E-state index is -0.234. The van der Waals surface area contributed by atoms with Crippen LogP contribution in [0.15, 0.2) is 36.5 Å². The predicted molar refractivity (Wildman–Crippen MR) is 74.3 cm³/mol. The Balaban J connectivity index is 2.22. The number of anilines is 2. The summed E-state index contributed by atoms with van der Waals surface area (Å²) in [6.07, 6.45) is 1.65. The number of nitrogens with two attached hydrogens (primary N) is 1. The molecule has 0 bridgehead atoms. The summed E-state index contributed by atoms with van der Waals surface area (Å²) in [6, 6.07) is 8.54. The molecule has 0 aliphatic carbocycles. The Morgan fingerprint density at radius 3 is 2.79 bits per heavy atom. The van der Waals surface area contributed by atoms with Crippen molar-refractivity contribution in [3.63, 3.8) is 0 Å². The van der Waals surface area contributed by atoms with Gasteiger partial charge < -0.3 is 15.8 Å². The highest BCUT2D eigenvalue weighted by molar-refractivity contribution is 6.06. The van der Waals surface area contributed by atoms with Crippen LogP contribution in [0, 0.1) is 6.92 Å². The average Bonchev–Trinajstić information content (AvgIpc) is 2.41. The van der Waals surface area contributed by atoms with Crippen molar-refractivity contribution in [1.82, 2.24) is 4.98 Å². The van der Waals surface area contributed by atoms with E-state index in [1.165, 1.54) is 0 Å². The number of benzene rings is 1. The van der Waals surface area contributed by atoms with Crippen molar-refractivity contribution in [3.8, 4) is 5.75 Å². The van der Waals surface area contributed by atoms with Crippen LogP contribution in [-0.4, -0.2) is 18.0 Å². The highest BCUT2D eigenvalue weighted by Gasteiger charge is 2.11. The molecule has 0 aliphatic heterocycles. The van der Waals surface area contributed by atoms with Crippen LogP contribution < -0.4 is 15.8 Å². The largest absolute Gasteiger partial charge is 0.497 e. The van der Waals surface area contributed by atoms with Crippen LogP contribution in [0.2, 0.25) is 0 Å². The summed E-state index contributed by atoms with van der Waals surface area (Å²) in [5.74, 6) is 0.413. The first-order chi connectivity index (χ1) is 9.11. The monoisotopic (exact) mass is 257 g/mol. The van der Waals surface area contributed by atoms with Crippen LogP contribution in [0.1, 0.15) is 16.1 Å². The fourth-order valence-electron chi connectivity index (χ4n) is 1.70. The summed E-state index contributed by atoms with van der Waals surface area (Å²) >= 11 is 0. The van der Waals surface area contributed by atoms with E-state index in [9.17, 15) is 4.79 Å². The minimum Gasteiger partial charge on any atom is -0.497 e. The maximum atomic E-state index is 12.1. The number of nitrogens with one attached hydrogen (secondary N) is 1. The van der Waals surface area contributed by atoms with E-state index in [0.717, 1.165) is 0 Å². The smallest absolute Gasteiger partial charge is 0.257 e. The molecule has 0 aliphatic rings. The van der Waals surface area contributed by atoms with Gasteiger partial charge in [0.05, 0.1) is 24.0 Å². The SMILES string of the molecule is COc1ccc(NC(=O)c2cccnc2C)c(N)c1. The summed E-state index contributed by atoms with van der Waals surface area (Å²) in [7, 11) is 1.56. The maximum absolute atomic E-state index is 12.1. The standard InChI is InChI=1S/C14H15N3O2/c1-9-11(4-3-7-16-9)14(18)17-13-6-5-10(19-2)8-12(13)15/h3-8H,15H2,1-2H3,(H,17,18). The third-order valence-electron chi connectivity index (χ3n) is 2.76. The fourth-order valence-corrected chi connectivity index (χ4v) is 1.70. The number of pyridine rings is 1. The number of rotatable bonds is 3. The normalized spacial score (nSPS) is 10.0. The fraction of sp³-hybridized carbons (Fsp3) is 0.143. The van der Waals surface area contributed by atoms with E-state index in [4.69, 9.17) is 10.5 Å². The van der Waals surface area contributed by atoms with Crippen molar-refractivity contribution in [2.24, 2.45) is 0 Å². The summed E-state index contributed by atoms with van der Waals surface area (Å²) in [6.45, 7) is 1.78. The number of nitrogen functional groups attached to an aromatic ring is 1. The molecule has 3 N–H and O–H groups in total. The molecule has 0 radical (unpaired) electrons. The molecule has 19 heavy (non-hydrogen) atoms. The number of methoxy groups -OCH3 is 1. The number of carbonyl (C=O) groups is 1. The molecule has 0 unspecified atom stereocenters. The number of carbonyl (C=O) groups excluding carboxylic acids is 1. The molecule has 98 valence electrons. The van der Waals surface area contributed by atoms with Crippen molar-refractivity contribution in [3.05, 3.63) is 47.8 Å². The number of nitrogens with zero attached hydrogens (tertiary/aromatic N) is 1. The van der Waals surface area contributed by atoms with E-state index in [-0.39, 0.29) is 5.91 Å². The number of aryl methyl sites for hydroxylation is 1. The molecule has 1 aromatic carbocycles. The van der Waals surface area contributed by atoms with Crippen molar-refractivity contribution < 1.29 is 9.53 Å². The van der Waals surface area contributed by atoms with Gasteiger partial charge in [0, 0.05) is 18.0 Å². The highest BCUT2D eigenvalue weighted by atomic mass is 16.5. The Morgan fingerprint density at radius 2 is 2.16 bits per heavy atom. The second kappa shape index (κ2) is 5.39. The van der Waals surface area contributed by atoms with E-state index in [2.05, 4.69) is 10.3 Å². The van der Waals surface area contributed by atoms with Crippen molar-refractivity contribution >= 4 is 17.3 Å². The molecule has 0 saturated heterocycles. The second-order valence-corrected chi connectivity index (χ2v) is 4.04. The van der Waals surface area contributed by atoms with Crippen LogP contribution in [0.25, 0.3) is 0 Å². The molecule has 0 fully saturated rings. The van der Waals surface area contributed by atoms with Crippen LogP contribution in [-0.2, 0) is 0 Å². The predicted octanol–water partition coefficient (Wildman–Crippen LogP) is 2.23. The molecule has 0 spiro atoms. The van der Waals surface area contributed by atoms with Gasteiger partial charge in [-0.2, -0.15) is 0 Å². The van der Waals surface area contributed by atoms with Gasteiger partial charge in [0.1, 0.15) is 5.75 Å². The summed E-state index contributed by atoms with van der Waals surface area (Å²) in [4.78, 5) is 16.2. The minimum absolute atomic E-state index is 0.234. The molecule has 1 aromatic heterocycles. The zero-order valence-electron chi connectivity index (χ0n) is 10.8. The molecule has 0 atom stereocenters. The van der Waals surface area contributed by atoms with Gasteiger partial charge in [0.25, 0.3) is 5.91 Å². The first-order valence-electron chi connectivity index (χ1n) is 5.78. The Bertz CT molecular complexity index is 611. The van der Waals surface area contributed by atoms with Crippen LogP contribution in [0.5, 0.6) is 5.75 Å². The molecule has 0 saturated carbocycles. The Labute approximate surface area is 111 Å². The summed E-state index contributed by atoms with van der Waals surface area (Å²) in [5.41, 5.74) is 8.05. The van der Waals surface area contributed by atoms with E-state index in [1.54, 1.807) is 50.6 Å². The molecular formula is C14H15N3O2. The van der Waals surface area contributed by atoms with Crippen molar-refractivity contribution in [1.29, 1.82) is 0 Å². The average molecular weight is 257 g/mol. The van der Waals surface area contributed by atoms with E-state index in [1.807, 2.05) is 0 Å². The van der Waals surface area contributed by atoms with E-state index in [0.29, 0.717) is 28.4 Å². The van der Waals surface area contributed by atoms with Gasteiger partial charge in [-0.1, -0.05) is 0 Å². The Hall–Kier alpha value is -2.56. The third-order valence-corrected chi connectivity index (χ3v) is 2.76. The van der Waals surface area contributed by atoms with Crippen LogP contribution in [0.3, 0.4) is 0 Å². The third kappa shape index (κ3) is 2.82. The lowest BCUT2D eigenvalue weighted by Crippen LogP contribution is -2.15. The number of hydrogen-bond acceptors (Lipinski definition) is 4. The number of ether oxygens (including phenoxy) is 1. The molecule has 1 amide bonds. The lowest BCUT2D eigenvalue weighted by atomic mass is 10.2.